The molecule has 0 aromatic heterocycles. The molecule has 2 heteroatoms. The lowest BCUT2D eigenvalue weighted by Gasteiger charge is -2.12. The molecule has 2 rings (SSSR count). The fourth-order valence-electron chi connectivity index (χ4n) is 2.03. The third-order valence-electron chi connectivity index (χ3n) is 3.12. The maximum absolute atomic E-state index is 8.63. The Labute approximate surface area is 131 Å². The van der Waals surface area contributed by atoms with Crippen LogP contribution in [0.2, 0.25) is 0 Å². The molecule has 0 N–H and O–H groups in total. The van der Waals surface area contributed by atoms with E-state index >= 15 is 0 Å². The smallest absolute Gasteiger partial charge is 0.0622 e. The van der Waals surface area contributed by atoms with E-state index < -0.39 is 0 Å². The van der Waals surface area contributed by atoms with E-state index in [1.807, 2.05) is 23.9 Å². The summed E-state index contributed by atoms with van der Waals surface area (Å²) in [6.45, 7) is 0. The van der Waals surface area contributed by atoms with Crippen molar-refractivity contribution in [2.45, 2.75) is 18.1 Å². The maximum atomic E-state index is 8.63. The van der Waals surface area contributed by atoms with Gasteiger partial charge in [-0.2, -0.15) is 5.26 Å². The Kier molecular flexibility index (Phi) is 6.64. The average Bonchev–Trinajstić information content (AvgIpc) is 2.56. The normalized spacial score (nSPS) is 12.1. The molecule has 0 bridgehead atoms. The molecule has 0 aliphatic heterocycles. The fraction of sp³-hybridized carbons (Fsp3) is 0.211. The number of thioether (sulfide) groups is 1. The highest BCUT2D eigenvalue weighted by Gasteiger charge is 2.07. The summed E-state index contributed by atoms with van der Waals surface area (Å²) in [7, 11) is 0. The second kappa shape index (κ2) is 9.05. The van der Waals surface area contributed by atoms with E-state index in [9.17, 15) is 0 Å². The lowest BCUT2D eigenvalue weighted by molar-refractivity contribution is 0.978. The molecular formula is C19H19NS. The second-order valence-corrected chi connectivity index (χ2v) is 5.98. The van der Waals surface area contributed by atoms with Gasteiger partial charge in [-0.1, -0.05) is 72.8 Å². The molecule has 0 radical (unpaired) electrons. The first-order valence-corrected chi connectivity index (χ1v) is 8.22. The van der Waals surface area contributed by atoms with Crippen LogP contribution >= 0.6 is 11.8 Å². The van der Waals surface area contributed by atoms with Crippen molar-refractivity contribution < 1.29 is 0 Å². The van der Waals surface area contributed by atoms with Gasteiger partial charge in [-0.3, -0.25) is 0 Å². The molecule has 106 valence electrons. The summed E-state index contributed by atoms with van der Waals surface area (Å²) in [6, 6.07) is 23.1. The number of rotatable bonds is 7. The van der Waals surface area contributed by atoms with Crippen molar-refractivity contribution in [1.29, 1.82) is 5.26 Å². The van der Waals surface area contributed by atoms with Crippen LogP contribution in [0.15, 0.2) is 66.7 Å². The molecule has 0 aliphatic rings. The zero-order valence-corrected chi connectivity index (χ0v) is 12.8. The molecule has 21 heavy (non-hydrogen) atoms. The highest BCUT2D eigenvalue weighted by molar-refractivity contribution is 7.99. The summed E-state index contributed by atoms with van der Waals surface area (Å²) < 4.78 is 0. The van der Waals surface area contributed by atoms with Crippen molar-refractivity contribution in [3.8, 4) is 6.07 Å². The van der Waals surface area contributed by atoms with Gasteiger partial charge in [0.2, 0.25) is 0 Å². The van der Waals surface area contributed by atoms with Crippen LogP contribution in [0.1, 0.15) is 29.2 Å². The molecule has 0 heterocycles. The van der Waals surface area contributed by atoms with Crippen LogP contribution in [0.25, 0.3) is 6.08 Å². The number of nitriles is 1. The fourth-order valence-corrected chi connectivity index (χ4v) is 3.13. The second-order valence-electron chi connectivity index (χ2n) is 4.73. The van der Waals surface area contributed by atoms with Crippen LogP contribution in [0.4, 0.5) is 0 Å². The van der Waals surface area contributed by atoms with Crippen molar-refractivity contribution in [3.63, 3.8) is 0 Å². The third-order valence-corrected chi connectivity index (χ3v) is 4.43. The molecule has 2 aromatic rings. The molecule has 0 spiro atoms. The molecule has 1 unspecified atom stereocenters. The summed E-state index contributed by atoms with van der Waals surface area (Å²) in [4.78, 5) is 0. The summed E-state index contributed by atoms with van der Waals surface area (Å²) >= 11 is 1.90. The number of hydrogen-bond acceptors (Lipinski definition) is 2. The van der Waals surface area contributed by atoms with Gasteiger partial charge in [0.1, 0.15) is 0 Å². The van der Waals surface area contributed by atoms with Crippen molar-refractivity contribution in [2.24, 2.45) is 0 Å². The highest BCUT2D eigenvalue weighted by atomic mass is 32.2. The highest BCUT2D eigenvalue weighted by Crippen LogP contribution is 2.31. The molecule has 0 amide bonds. The zero-order valence-electron chi connectivity index (χ0n) is 12.0. The van der Waals surface area contributed by atoms with Gasteiger partial charge in [0, 0.05) is 11.7 Å². The minimum atomic E-state index is 0.338. The van der Waals surface area contributed by atoms with Gasteiger partial charge in [0.05, 0.1) is 6.07 Å². The minimum Gasteiger partial charge on any atom is -0.198 e. The number of unbranched alkanes of at least 4 members (excludes halogenated alkanes) is 1. The maximum Gasteiger partial charge on any atom is 0.0622 e. The van der Waals surface area contributed by atoms with Crippen LogP contribution in [0.3, 0.4) is 0 Å². The van der Waals surface area contributed by atoms with Crippen LogP contribution in [0, 0.1) is 11.3 Å². The van der Waals surface area contributed by atoms with Gasteiger partial charge in [-0.15, -0.1) is 11.8 Å². The van der Waals surface area contributed by atoms with Crippen LogP contribution in [0.5, 0.6) is 0 Å². The molecule has 0 fully saturated rings. The third kappa shape index (κ3) is 5.49. The molecule has 1 atom stereocenters. The molecule has 0 aliphatic carbocycles. The molecule has 1 nitrogen and oxygen atoms in total. The van der Waals surface area contributed by atoms with E-state index in [-0.39, 0.29) is 0 Å². The van der Waals surface area contributed by atoms with Crippen molar-refractivity contribution in [2.75, 3.05) is 5.75 Å². The topological polar surface area (TPSA) is 23.8 Å². The average molecular weight is 293 g/mol. The molecule has 0 saturated carbocycles. The summed E-state index contributed by atoms with van der Waals surface area (Å²) in [5, 5.41) is 8.97. The van der Waals surface area contributed by atoms with Gasteiger partial charge in [0.15, 0.2) is 0 Å². The van der Waals surface area contributed by atoms with E-state index in [0.29, 0.717) is 11.7 Å². The van der Waals surface area contributed by atoms with Gasteiger partial charge < -0.3 is 0 Å². The number of hydrogen-bond donors (Lipinski definition) is 0. The Bertz CT molecular complexity index is 584. The summed E-state index contributed by atoms with van der Waals surface area (Å²) in [5.41, 5.74) is 2.53. The van der Waals surface area contributed by atoms with E-state index in [0.717, 1.165) is 12.2 Å². The standard InChI is InChI=1S/C19H19NS/c20-15-7-8-16-21-19(18-11-5-2-6-12-18)14-13-17-9-3-1-4-10-17/h1-6,9-14,19H,7-8,16H2/b14-13+. The Morgan fingerprint density at radius 1 is 1.00 bits per heavy atom. The molecule has 0 saturated heterocycles. The van der Waals surface area contributed by atoms with E-state index in [4.69, 9.17) is 5.26 Å². The van der Waals surface area contributed by atoms with E-state index in [1.165, 1.54) is 11.1 Å². The monoisotopic (exact) mass is 293 g/mol. The van der Waals surface area contributed by atoms with Gasteiger partial charge in [0.25, 0.3) is 0 Å². The first-order valence-electron chi connectivity index (χ1n) is 7.17. The van der Waals surface area contributed by atoms with Crippen LogP contribution in [-0.4, -0.2) is 5.75 Å². The van der Waals surface area contributed by atoms with E-state index in [2.05, 4.69) is 66.8 Å². The quantitative estimate of drug-likeness (QED) is 0.631. The Balaban J connectivity index is 2.05. The van der Waals surface area contributed by atoms with Gasteiger partial charge in [-0.05, 0) is 23.3 Å². The lowest BCUT2D eigenvalue weighted by Crippen LogP contribution is -1.92. The Morgan fingerprint density at radius 2 is 1.67 bits per heavy atom. The largest absolute Gasteiger partial charge is 0.198 e. The molecular weight excluding hydrogens is 274 g/mol. The van der Waals surface area contributed by atoms with Crippen LogP contribution < -0.4 is 0 Å². The zero-order chi connectivity index (χ0) is 14.8. The first-order chi connectivity index (χ1) is 10.4. The van der Waals surface area contributed by atoms with E-state index in [1.54, 1.807) is 0 Å². The Morgan fingerprint density at radius 3 is 2.33 bits per heavy atom. The minimum absolute atomic E-state index is 0.338. The SMILES string of the molecule is N#CCCCSC(/C=C/c1ccccc1)c1ccccc1. The predicted octanol–water partition coefficient (Wildman–Crippen LogP) is 5.48. The summed E-state index contributed by atoms with van der Waals surface area (Å²) in [6.07, 6.45) is 6.01. The Hall–Kier alpha value is -1.98. The van der Waals surface area contributed by atoms with Crippen LogP contribution in [-0.2, 0) is 0 Å². The summed E-state index contributed by atoms with van der Waals surface area (Å²) in [5.74, 6) is 1.01. The number of benzene rings is 2. The van der Waals surface area contributed by atoms with Crippen molar-refractivity contribution in [3.05, 3.63) is 77.9 Å². The van der Waals surface area contributed by atoms with Crippen molar-refractivity contribution in [1.82, 2.24) is 0 Å². The van der Waals surface area contributed by atoms with Crippen molar-refractivity contribution >= 4 is 17.8 Å². The first kappa shape index (κ1) is 15.4. The lowest BCUT2D eigenvalue weighted by atomic mass is 10.1. The molecule has 2 aromatic carbocycles. The number of nitrogens with zero attached hydrogens (tertiary/aromatic N) is 1. The van der Waals surface area contributed by atoms with Gasteiger partial charge >= 0.3 is 0 Å². The predicted molar refractivity (Wildman–Crippen MR) is 92.0 cm³/mol. The van der Waals surface area contributed by atoms with Gasteiger partial charge in [-0.25, -0.2) is 0 Å².